The van der Waals surface area contributed by atoms with Crippen molar-refractivity contribution in [2.45, 2.75) is 6.42 Å². The van der Waals surface area contributed by atoms with E-state index in [4.69, 9.17) is 14.6 Å². The zero-order valence-corrected chi connectivity index (χ0v) is 14.1. The van der Waals surface area contributed by atoms with Crippen LogP contribution in [0.3, 0.4) is 0 Å². The van der Waals surface area contributed by atoms with Crippen LogP contribution in [0.1, 0.15) is 16.8 Å². The van der Waals surface area contributed by atoms with E-state index in [2.05, 4.69) is 4.98 Å². The van der Waals surface area contributed by atoms with Gasteiger partial charge in [0.05, 0.1) is 24.5 Å². The number of aromatic carboxylic acids is 1. The van der Waals surface area contributed by atoms with E-state index < -0.39 is 5.97 Å². The number of carboxylic acid groups (broad SMARTS) is 1. The van der Waals surface area contributed by atoms with Crippen molar-refractivity contribution in [1.29, 1.82) is 0 Å². The molecule has 1 N–H and O–H groups in total. The molecule has 126 valence electrons. The number of nitrogens with zero attached hydrogens (tertiary/aromatic N) is 1. The zero-order chi connectivity index (χ0) is 17.2. The standard InChI is InChI=1S/C19H15NO4S/c21-19(22)14-4-1-3-13(9-14)18-20-15(11-25-18)12-5-6-16-17(10-12)24-8-2-7-23-16/h1,3-6,9-11H,2,7-8H2,(H,21,22). The van der Waals surface area contributed by atoms with Crippen molar-refractivity contribution in [3.05, 3.63) is 53.4 Å². The average Bonchev–Trinajstić information content (AvgIpc) is 3.01. The van der Waals surface area contributed by atoms with E-state index in [0.29, 0.717) is 13.2 Å². The maximum Gasteiger partial charge on any atom is 0.335 e. The van der Waals surface area contributed by atoms with Gasteiger partial charge in [-0.2, -0.15) is 0 Å². The Balaban J connectivity index is 1.66. The Morgan fingerprint density at radius 1 is 1.04 bits per heavy atom. The molecule has 1 aliphatic rings. The summed E-state index contributed by atoms with van der Waals surface area (Å²) >= 11 is 1.48. The molecular weight excluding hydrogens is 338 g/mol. The summed E-state index contributed by atoms with van der Waals surface area (Å²) in [4.78, 5) is 15.8. The van der Waals surface area contributed by atoms with Crippen LogP contribution in [0.5, 0.6) is 11.5 Å². The van der Waals surface area contributed by atoms with Crippen LogP contribution in [0.4, 0.5) is 0 Å². The number of carbonyl (C=O) groups is 1. The van der Waals surface area contributed by atoms with Crippen LogP contribution in [-0.2, 0) is 0 Å². The minimum Gasteiger partial charge on any atom is -0.490 e. The lowest BCUT2D eigenvalue weighted by Gasteiger charge is -2.08. The highest BCUT2D eigenvalue weighted by atomic mass is 32.1. The van der Waals surface area contributed by atoms with E-state index in [0.717, 1.165) is 39.7 Å². The molecule has 2 heterocycles. The van der Waals surface area contributed by atoms with Crippen LogP contribution in [0.25, 0.3) is 21.8 Å². The largest absolute Gasteiger partial charge is 0.490 e. The van der Waals surface area contributed by atoms with Crippen LogP contribution in [0.15, 0.2) is 47.8 Å². The van der Waals surface area contributed by atoms with Gasteiger partial charge in [-0.1, -0.05) is 12.1 Å². The van der Waals surface area contributed by atoms with Crippen molar-refractivity contribution in [3.63, 3.8) is 0 Å². The van der Waals surface area contributed by atoms with Gasteiger partial charge >= 0.3 is 5.97 Å². The Labute approximate surface area is 148 Å². The molecule has 0 amide bonds. The molecule has 0 atom stereocenters. The van der Waals surface area contributed by atoms with E-state index in [1.165, 1.54) is 11.3 Å². The second kappa shape index (κ2) is 6.57. The zero-order valence-electron chi connectivity index (χ0n) is 13.3. The quantitative estimate of drug-likeness (QED) is 0.759. The number of carboxylic acids is 1. The van der Waals surface area contributed by atoms with Gasteiger partial charge in [-0.15, -0.1) is 11.3 Å². The summed E-state index contributed by atoms with van der Waals surface area (Å²) in [5, 5.41) is 11.9. The third-order valence-electron chi connectivity index (χ3n) is 3.90. The summed E-state index contributed by atoms with van der Waals surface area (Å²) in [5.41, 5.74) is 2.83. The number of aromatic nitrogens is 1. The number of ether oxygens (including phenoxy) is 2. The van der Waals surface area contributed by atoms with Crippen molar-refractivity contribution in [2.24, 2.45) is 0 Å². The van der Waals surface area contributed by atoms with Gasteiger partial charge in [-0.25, -0.2) is 9.78 Å². The molecule has 3 aromatic rings. The molecule has 5 nitrogen and oxygen atoms in total. The number of thiazole rings is 1. The Kier molecular flexibility index (Phi) is 4.11. The van der Waals surface area contributed by atoms with E-state index >= 15 is 0 Å². The first-order valence-corrected chi connectivity index (χ1v) is 8.78. The first-order chi connectivity index (χ1) is 12.2. The van der Waals surface area contributed by atoms with Crippen LogP contribution in [0.2, 0.25) is 0 Å². The summed E-state index contributed by atoms with van der Waals surface area (Å²) in [6.07, 6.45) is 0.866. The molecule has 0 saturated heterocycles. The van der Waals surface area contributed by atoms with E-state index in [-0.39, 0.29) is 5.56 Å². The highest BCUT2D eigenvalue weighted by molar-refractivity contribution is 7.13. The number of hydrogen-bond donors (Lipinski definition) is 1. The molecule has 0 spiro atoms. The fourth-order valence-electron chi connectivity index (χ4n) is 2.65. The second-order valence-electron chi connectivity index (χ2n) is 5.64. The molecule has 0 fully saturated rings. The Morgan fingerprint density at radius 2 is 1.88 bits per heavy atom. The van der Waals surface area contributed by atoms with E-state index in [1.54, 1.807) is 18.2 Å². The lowest BCUT2D eigenvalue weighted by molar-refractivity contribution is 0.0697. The third kappa shape index (κ3) is 3.21. The highest BCUT2D eigenvalue weighted by Gasteiger charge is 2.14. The molecule has 1 aromatic heterocycles. The Hall–Kier alpha value is -2.86. The van der Waals surface area contributed by atoms with Gasteiger partial charge in [-0.05, 0) is 30.3 Å². The van der Waals surface area contributed by atoms with Gasteiger partial charge < -0.3 is 14.6 Å². The fourth-order valence-corrected chi connectivity index (χ4v) is 3.47. The van der Waals surface area contributed by atoms with Gasteiger partial charge in [0.2, 0.25) is 0 Å². The number of fused-ring (bicyclic) bond motifs is 1. The molecule has 0 radical (unpaired) electrons. The van der Waals surface area contributed by atoms with E-state index in [9.17, 15) is 4.79 Å². The first-order valence-electron chi connectivity index (χ1n) is 7.90. The summed E-state index contributed by atoms with van der Waals surface area (Å²) in [5.74, 6) is 0.546. The second-order valence-corrected chi connectivity index (χ2v) is 6.49. The predicted octanol–water partition coefficient (Wildman–Crippen LogP) is 4.34. The van der Waals surface area contributed by atoms with Gasteiger partial charge in [0.1, 0.15) is 5.01 Å². The monoisotopic (exact) mass is 353 g/mol. The Bertz CT molecular complexity index is 935. The van der Waals surface area contributed by atoms with Crippen molar-refractivity contribution in [2.75, 3.05) is 13.2 Å². The summed E-state index contributed by atoms with van der Waals surface area (Å²) < 4.78 is 11.4. The maximum absolute atomic E-state index is 11.1. The Morgan fingerprint density at radius 3 is 2.72 bits per heavy atom. The molecule has 0 aliphatic carbocycles. The summed E-state index contributed by atoms with van der Waals surface area (Å²) in [6, 6.07) is 12.6. The molecule has 6 heteroatoms. The summed E-state index contributed by atoms with van der Waals surface area (Å²) in [6.45, 7) is 1.30. The van der Waals surface area contributed by atoms with Crippen LogP contribution >= 0.6 is 11.3 Å². The van der Waals surface area contributed by atoms with Crippen molar-refractivity contribution in [1.82, 2.24) is 4.98 Å². The van der Waals surface area contributed by atoms with Crippen molar-refractivity contribution < 1.29 is 19.4 Å². The first kappa shape index (κ1) is 15.7. The molecule has 0 unspecified atom stereocenters. The van der Waals surface area contributed by atoms with Crippen LogP contribution < -0.4 is 9.47 Å². The minimum atomic E-state index is -0.943. The maximum atomic E-state index is 11.1. The van der Waals surface area contributed by atoms with E-state index in [1.807, 2.05) is 29.6 Å². The van der Waals surface area contributed by atoms with Crippen molar-refractivity contribution >= 4 is 17.3 Å². The number of rotatable bonds is 3. The normalized spacial score (nSPS) is 13.3. The fraction of sp³-hybridized carbons (Fsp3) is 0.158. The lowest BCUT2D eigenvalue weighted by atomic mass is 10.1. The lowest BCUT2D eigenvalue weighted by Crippen LogP contribution is -1.97. The molecule has 0 bridgehead atoms. The smallest absolute Gasteiger partial charge is 0.335 e. The van der Waals surface area contributed by atoms with Crippen molar-refractivity contribution in [3.8, 4) is 33.3 Å². The molecule has 1 aliphatic heterocycles. The topological polar surface area (TPSA) is 68.7 Å². The third-order valence-corrected chi connectivity index (χ3v) is 4.80. The van der Waals surface area contributed by atoms with Crippen LogP contribution in [-0.4, -0.2) is 29.3 Å². The van der Waals surface area contributed by atoms with Gasteiger partial charge in [0.15, 0.2) is 11.5 Å². The van der Waals surface area contributed by atoms with Crippen LogP contribution in [0, 0.1) is 0 Å². The average molecular weight is 353 g/mol. The van der Waals surface area contributed by atoms with Gasteiger partial charge in [0, 0.05) is 22.9 Å². The molecular formula is C19H15NO4S. The summed E-state index contributed by atoms with van der Waals surface area (Å²) in [7, 11) is 0. The molecule has 2 aromatic carbocycles. The number of hydrogen-bond acceptors (Lipinski definition) is 5. The molecule has 25 heavy (non-hydrogen) atoms. The molecule has 0 saturated carbocycles. The predicted molar refractivity (Wildman–Crippen MR) is 95.6 cm³/mol. The highest BCUT2D eigenvalue weighted by Crippen LogP contribution is 2.36. The van der Waals surface area contributed by atoms with Gasteiger partial charge in [0.25, 0.3) is 0 Å². The van der Waals surface area contributed by atoms with Gasteiger partial charge in [-0.3, -0.25) is 0 Å². The minimum absolute atomic E-state index is 0.254. The SMILES string of the molecule is O=C(O)c1cccc(-c2nc(-c3ccc4c(c3)OCCCO4)cs2)c1. The number of benzene rings is 2. The molecule has 4 rings (SSSR count).